The van der Waals surface area contributed by atoms with Gasteiger partial charge in [-0.25, -0.2) is 4.39 Å². The number of hydrogen-bond acceptors (Lipinski definition) is 3. The van der Waals surface area contributed by atoms with Crippen molar-refractivity contribution in [1.82, 2.24) is 4.90 Å². The van der Waals surface area contributed by atoms with Gasteiger partial charge >= 0.3 is 0 Å². The fourth-order valence-corrected chi connectivity index (χ4v) is 4.07. The van der Waals surface area contributed by atoms with Crippen LogP contribution in [-0.2, 0) is 6.54 Å². The van der Waals surface area contributed by atoms with Crippen LogP contribution in [0, 0.1) is 24.1 Å². The van der Waals surface area contributed by atoms with Crippen molar-refractivity contribution in [2.75, 3.05) is 6.54 Å². The molecule has 0 unspecified atom stereocenters. The van der Waals surface area contributed by atoms with Crippen molar-refractivity contribution in [3.63, 3.8) is 0 Å². The van der Waals surface area contributed by atoms with Gasteiger partial charge in [-0.1, -0.05) is 24.3 Å². The highest BCUT2D eigenvalue weighted by Crippen LogP contribution is 2.33. The van der Waals surface area contributed by atoms with Crippen LogP contribution in [0.2, 0.25) is 0 Å². The predicted molar refractivity (Wildman–Crippen MR) is 103 cm³/mol. The van der Waals surface area contributed by atoms with E-state index >= 15 is 0 Å². The summed E-state index contributed by atoms with van der Waals surface area (Å²) in [5.74, 6) is -0.454. The molecule has 1 heterocycles. The summed E-state index contributed by atoms with van der Waals surface area (Å²) in [4.78, 5) is 15.3. The lowest BCUT2D eigenvalue weighted by Crippen LogP contribution is -2.30. The summed E-state index contributed by atoms with van der Waals surface area (Å²) in [5, 5.41) is 9.41. The Labute approximate surface area is 155 Å². The zero-order valence-corrected chi connectivity index (χ0v) is 15.1. The molecule has 0 radical (unpaired) electrons. The van der Waals surface area contributed by atoms with Crippen molar-refractivity contribution >= 4 is 27.3 Å². The second-order valence-corrected chi connectivity index (χ2v) is 7.00. The van der Waals surface area contributed by atoms with Gasteiger partial charge in [0.25, 0.3) is 5.91 Å². The molecule has 0 aliphatic heterocycles. The van der Waals surface area contributed by atoms with Crippen LogP contribution >= 0.6 is 11.3 Å². The number of carbonyl (C=O) groups excluding carboxylic acids is 1. The van der Waals surface area contributed by atoms with E-state index in [9.17, 15) is 9.18 Å². The van der Waals surface area contributed by atoms with Gasteiger partial charge in [-0.05, 0) is 42.3 Å². The molecule has 0 saturated heterocycles. The minimum atomic E-state index is -0.308. The van der Waals surface area contributed by atoms with E-state index in [1.165, 1.54) is 17.4 Å². The smallest absolute Gasteiger partial charge is 0.264 e. The molecule has 1 aromatic heterocycles. The van der Waals surface area contributed by atoms with Gasteiger partial charge in [0.2, 0.25) is 0 Å². The van der Waals surface area contributed by atoms with Crippen LogP contribution in [-0.4, -0.2) is 17.4 Å². The quantitative estimate of drug-likeness (QED) is 0.595. The molecule has 2 aromatic carbocycles. The molecular weight excluding hydrogens is 347 g/mol. The molecule has 0 fully saturated rings. The van der Waals surface area contributed by atoms with Crippen LogP contribution in [0.3, 0.4) is 0 Å². The van der Waals surface area contributed by atoms with Gasteiger partial charge in [0.15, 0.2) is 0 Å². The molecule has 0 saturated carbocycles. The van der Waals surface area contributed by atoms with Crippen molar-refractivity contribution in [1.29, 1.82) is 5.26 Å². The molecule has 0 spiro atoms. The number of aryl methyl sites for hydroxylation is 1. The monoisotopic (exact) mass is 364 g/mol. The first-order valence-corrected chi connectivity index (χ1v) is 8.93. The predicted octanol–water partition coefficient (Wildman–Crippen LogP) is 5.05. The van der Waals surface area contributed by atoms with Gasteiger partial charge in [0.05, 0.1) is 16.5 Å². The van der Waals surface area contributed by atoms with E-state index in [-0.39, 0.29) is 11.7 Å². The number of carbonyl (C=O) groups is 1. The highest BCUT2D eigenvalue weighted by Gasteiger charge is 2.22. The zero-order chi connectivity index (χ0) is 18.7. The molecule has 0 aliphatic carbocycles. The number of amides is 1. The first-order chi connectivity index (χ1) is 12.5. The summed E-state index contributed by atoms with van der Waals surface area (Å²) < 4.78 is 14.9. The number of benzene rings is 2. The van der Waals surface area contributed by atoms with E-state index in [1.807, 2.05) is 18.2 Å². The third-order valence-electron chi connectivity index (χ3n) is 4.19. The molecule has 3 aromatic rings. The SMILES string of the molecule is C=CCN(Cc1ccc(C#N)cc1)C(=O)c1sc2cccc(F)c2c1C. The van der Waals surface area contributed by atoms with Crippen LogP contribution in [0.4, 0.5) is 4.39 Å². The number of hydrogen-bond donors (Lipinski definition) is 0. The molecule has 5 heteroatoms. The molecule has 1 amide bonds. The molecule has 3 rings (SSSR count). The summed E-state index contributed by atoms with van der Waals surface area (Å²) in [6.07, 6.45) is 1.67. The van der Waals surface area contributed by atoms with E-state index in [1.54, 1.807) is 36.1 Å². The van der Waals surface area contributed by atoms with E-state index < -0.39 is 0 Å². The molecule has 26 heavy (non-hydrogen) atoms. The van der Waals surface area contributed by atoms with Gasteiger partial charge in [-0.15, -0.1) is 17.9 Å². The van der Waals surface area contributed by atoms with Crippen LogP contribution < -0.4 is 0 Å². The number of thiophene rings is 1. The zero-order valence-electron chi connectivity index (χ0n) is 14.3. The summed E-state index contributed by atoms with van der Waals surface area (Å²) in [7, 11) is 0. The van der Waals surface area contributed by atoms with Crippen LogP contribution in [0.5, 0.6) is 0 Å². The maximum Gasteiger partial charge on any atom is 0.264 e. The molecule has 0 aliphatic rings. The van der Waals surface area contributed by atoms with E-state index in [0.29, 0.717) is 34.5 Å². The largest absolute Gasteiger partial charge is 0.330 e. The average Bonchev–Trinajstić information content (AvgIpc) is 2.99. The van der Waals surface area contributed by atoms with Gasteiger partial charge < -0.3 is 4.90 Å². The third-order valence-corrected chi connectivity index (χ3v) is 5.44. The summed E-state index contributed by atoms with van der Waals surface area (Å²) >= 11 is 1.31. The molecule has 0 N–H and O–H groups in total. The van der Waals surface area contributed by atoms with Gasteiger partial charge in [0, 0.05) is 23.2 Å². The number of nitrogens with zero attached hydrogens (tertiary/aromatic N) is 2. The Balaban J connectivity index is 1.93. The maximum atomic E-state index is 14.1. The lowest BCUT2D eigenvalue weighted by molar-refractivity contribution is 0.0767. The lowest BCUT2D eigenvalue weighted by atomic mass is 10.1. The van der Waals surface area contributed by atoms with Crippen molar-refractivity contribution in [2.45, 2.75) is 13.5 Å². The van der Waals surface area contributed by atoms with Crippen molar-refractivity contribution in [3.8, 4) is 6.07 Å². The Bertz CT molecular complexity index is 1010. The van der Waals surface area contributed by atoms with E-state index in [0.717, 1.165) is 10.3 Å². The number of fused-ring (bicyclic) bond motifs is 1. The molecule has 0 bridgehead atoms. The summed E-state index contributed by atoms with van der Waals surface area (Å²) in [6.45, 7) is 6.29. The number of nitriles is 1. The Morgan fingerprint density at radius 1 is 1.31 bits per heavy atom. The number of rotatable bonds is 5. The van der Waals surface area contributed by atoms with Crippen LogP contribution in [0.15, 0.2) is 55.1 Å². The van der Waals surface area contributed by atoms with Gasteiger partial charge in [-0.3, -0.25) is 4.79 Å². The summed E-state index contributed by atoms with van der Waals surface area (Å²) in [5.41, 5.74) is 2.16. The van der Waals surface area contributed by atoms with Crippen LogP contribution in [0.1, 0.15) is 26.4 Å². The second-order valence-electron chi connectivity index (χ2n) is 5.95. The lowest BCUT2D eigenvalue weighted by Gasteiger charge is -2.21. The average molecular weight is 364 g/mol. The maximum absolute atomic E-state index is 14.1. The second kappa shape index (κ2) is 7.51. The fraction of sp³-hybridized carbons (Fsp3) is 0.143. The normalized spacial score (nSPS) is 10.5. The Hall–Kier alpha value is -2.97. The first kappa shape index (κ1) is 17.8. The van der Waals surface area contributed by atoms with Gasteiger partial charge in [0.1, 0.15) is 5.82 Å². The topological polar surface area (TPSA) is 44.1 Å². The standard InChI is InChI=1S/C21H17FN2OS/c1-3-11-24(13-16-9-7-15(12-23)8-10-16)21(25)20-14(2)19-17(22)5-4-6-18(19)26-20/h3-10H,1,11,13H2,2H3. The Morgan fingerprint density at radius 2 is 2.04 bits per heavy atom. The Morgan fingerprint density at radius 3 is 2.65 bits per heavy atom. The molecule has 3 nitrogen and oxygen atoms in total. The van der Waals surface area contributed by atoms with Crippen molar-refractivity contribution < 1.29 is 9.18 Å². The summed E-state index contributed by atoms with van der Waals surface area (Å²) in [6, 6.07) is 14.1. The minimum absolute atomic E-state index is 0.146. The third kappa shape index (κ3) is 3.37. The number of halogens is 1. The van der Waals surface area contributed by atoms with E-state index in [4.69, 9.17) is 5.26 Å². The highest BCUT2D eigenvalue weighted by atomic mass is 32.1. The van der Waals surface area contributed by atoms with Gasteiger partial charge in [-0.2, -0.15) is 5.26 Å². The van der Waals surface area contributed by atoms with Crippen LogP contribution in [0.25, 0.3) is 10.1 Å². The minimum Gasteiger partial charge on any atom is -0.330 e. The first-order valence-electron chi connectivity index (χ1n) is 8.12. The Kier molecular flexibility index (Phi) is 5.15. The molecule has 130 valence electrons. The highest BCUT2D eigenvalue weighted by molar-refractivity contribution is 7.21. The molecular formula is C21H17FN2OS. The van der Waals surface area contributed by atoms with Crippen molar-refractivity contribution in [3.05, 3.63) is 82.5 Å². The fourth-order valence-electron chi connectivity index (χ4n) is 2.88. The van der Waals surface area contributed by atoms with Crippen molar-refractivity contribution in [2.24, 2.45) is 0 Å². The van der Waals surface area contributed by atoms with E-state index in [2.05, 4.69) is 12.6 Å². The molecule has 0 atom stereocenters.